The molecule has 5 heteroatoms. The van der Waals surface area contributed by atoms with Gasteiger partial charge in [0.2, 0.25) is 0 Å². The van der Waals surface area contributed by atoms with Crippen LogP contribution < -0.4 is 11.5 Å². The standard InChI is InChI=1S/C21H23FN4/c22-16-4-2-15(3-5-16)20-12-25-21(24)18-6-1-14(11-19(18)20)13-26-9-7-17(23)8-10-26/h1-6,11-12,17H,7-10,13,23H2,(H2,24,25). The molecule has 0 atom stereocenters. The number of aromatic nitrogens is 1. The highest BCUT2D eigenvalue weighted by Crippen LogP contribution is 2.32. The summed E-state index contributed by atoms with van der Waals surface area (Å²) in [6.07, 6.45) is 3.87. The quantitative estimate of drug-likeness (QED) is 0.758. The molecule has 1 fully saturated rings. The van der Waals surface area contributed by atoms with E-state index >= 15 is 0 Å². The summed E-state index contributed by atoms with van der Waals surface area (Å²) < 4.78 is 13.3. The van der Waals surface area contributed by atoms with E-state index < -0.39 is 0 Å². The minimum atomic E-state index is -0.245. The molecule has 0 radical (unpaired) electrons. The first-order chi connectivity index (χ1) is 12.6. The van der Waals surface area contributed by atoms with Crippen molar-refractivity contribution in [2.45, 2.75) is 25.4 Å². The lowest BCUT2D eigenvalue weighted by Crippen LogP contribution is -2.39. The van der Waals surface area contributed by atoms with Crippen molar-refractivity contribution >= 4 is 16.6 Å². The zero-order valence-electron chi connectivity index (χ0n) is 14.7. The summed E-state index contributed by atoms with van der Waals surface area (Å²) >= 11 is 0. The van der Waals surface area contributed by atoms with Gasteiger partial charge in [0.1, 0.15) is 11.6 Å². The monoisotopic (exact) mass is 350 g/mol. The maximum atomic E-state index is 13.3. The number of likely N-dealkylation sites (tertiary alicyclic amines) is 1. The molecule has 0 aliphatic carbocycles. The zero-order valence-corrected chi connectivity index (χ0v) is 14.7. The van der Waals surface area contributed by atoms with Gasteiger partial charge in [-0.05, 0) is 60.6 Å². The Bertz CT molecular complexity index is 915. The van der Waals surface area contributed by atoms with Gasteiger partial charge in [-0.3, -0.25) is 4.90 Å². The van der Waals surface area contributed by atoms with Crippen molar-refractivity contribution in [2.24, 2.45) is 5.73 Å². The van der Waals surface area contributed by atoms with Gasteiger partial charge in [-0.2, -0.15) is 0 Å². The predicted molar refractivity (Wildman–Crippen MR) is 104 cm³/mol. The number of hydrogen-bond acceptors (Lipinski definition) is 4. The molecule has 1 aliphatic heterocycles. The fourth-order valence-corrected chi connectivity index (χ4v) is 3.64. The van der Waals surface area contributed by atoms with Crippen LogP contribution in [0.1, 0.15) is 18.4 Å². The first-order valence-electron chi connectivity index (χ1n) is 9.01. The number of hydrogen-bond donors (Lipinski definition) is 2. The van der Waals surface area contributed by atoms with E-state index in [4.69, 9.17) is 11.5 Å². The van der Waals surface area contributed by atoms with Gasteiger partial charge in [0.15, 0.2) is 0 Å². The first kappa shape index (κ1) is 16.9. The molecular formula is C21H23FN4. The molecule has 0 spiro atoms. The van der Waals surface area contributed by atoms with E-state index in [0.29, 0.717) is 11.9 Å². The van der Waals surface area contributed by atoms with Crippen molar-refractivity contribution in [3.63, 3.8) is 0 Å². The van der Waals surface area contributed by atoms with Crippen LogP contribution in [0.2, 0.25) is 0 Å². The molecule has 0 amide bonds. The van der Waals surface area contributed by atoms with Gasteiger partial charge >= 0.3 is 0 Å². The van der Waals surface area contributed by atoms with Crippen molar-refractivity contribution in [1.29, 1.82) is 0 Å². The Morgan fingerprint density at radius 3 is 2.50 bits per heavy atom. The van der Waals surface area contributed by atoms with Crippen LogP contribution in [-0.2, 0) is 6.54 Å². The van der Waals surface area contributed by atoms with Crippen molar-refractivity contribution in [2.75, 3.05) is 18.8 Å². The number of benzene rings is 2. The number of pyridine rings is 1. The molecule has 134 valence electrons. The van der Waals surface area contributed by atoms with E-state index in [1.807, 2.05) is 6.07 Å². The summed E-state index contributed by atoms with van der Waals surface area (Å²) in [6, 6.07) is 13.2. The molecule has 4 rings (SSSR count). The van der Waals surface area contributed by atoms with Crippen LogP contribution in [0.3, 0.4) is 0 Å². The Kier molecular flexibility index (Phi) is 4.57. The fraction of sp³-hybridized carbons (Fsp3) is 0.286. The highest BCUT2D eigenvalue weighted by atomic mass is 19.1. The van der Waals surface area contributed by atoms with Gasteiger partial charge in [-0.1, -0.05) is 24.3 Å². The maximum Gasteiger partial charge on any atom is 0.131 e. The number of rotatable bonds is 3. The number of fused-ring (bicyclic) bond motifs is 1. The molecular weight excluding hydrogens is 327 g/mol. The molecule has 2 heterocycles. The fourth-order valence-electron chi connectivity index (χ4n) is 3.64. The Balaban J connectivity index is 1.71. The predicted octanol–water partition coefficient (Wildman–Crippen LogP) is 3.55. The summed E-state index contributed by atoms with van der Waals surface area (Å²) in [6.45, 7) is 2.96. The van der Waals surface area contributed by atoms with E-state index in [-0.39, 0.29) is 5.82 Å². The van der Waals surface area contributed by atoms with Gasteiger partial charge in [0, 0.05) is 29.7 Å². The van der Waals surface area contributed by atoms with Gasteiger partial charge < -0.3 is 11.5 Å². The minimum Gasteiger partial charge on any atom is -0.383 e. The van der Waals surface area contributed by atoms with Crippen LogP contribution in [0.4, 0.5) is 10.2 Å². The second-order valence-electron chi connectivity index (χ2n) is 7.06. The summed E-state index contributed by atoms with van der Waals surface area (Å²) in [5.74, 6) is 0.270. The molecule has 0 saturated carbocycles. The Hall–Kier alpha value is -2.50. The van der Waals surface area contributed by atoms with Gasteiger partial charge in [-0.25, -0.2) is 9.37 Å². The molecule has 0 bridgehead atoms. The van der Waals surface area contributed by atoms with E-state index in [1.54, 1.807) is 18.3 Å². The number of anilines is 1. The Morgan fingerprint density at radius 2 is 1.77 bits per heavy atom. The largest absolute Gasteiger partial charge is 0.383 e. The van der Waals surface area contributed by atoms with Crippen molar-refractivity contribution in [3.8, 4) is 11.1 Å². The van der Waals surface area contributed by atoms with Crippen molar-refractivity contribution in [3.05, 3.63) is 60.0 Å². The summed E-state index contributed by atoms with van der Waals surface area (Å²) in [5, 5.41) is 1.98. The van der Waals surface area contributed by atoms with Crippen LogP contribution in [-0.4, -0.2) is 29.0 Å². The van der Waals surface area contributed by atoms with E-state index in [1.165, 1.54) is 17.7 Å². The van der Waals surface area contributed by atoms with Crippen molar-refractivity contribution in [1.82, 2.24) is 9.88 Å². The highest BCUT2D eigenvalue weighted by molar-refractivity contribution is 6.01. The van der Waals surface area contributed by atoms with Gasteiger partial charge in [-0.15, -0.1) is 0 Å². The van der Waals surface area contributed by atoms with Crippen LogP contribution in [0, 0.1) is 5.82 Å². The molecule has 4 nitrogen and oxygen atoms in total. The number of nitrogen functional groups attached to an aromatic ring is 1. The molecule has 3 aromatic rings. The normalized spacial score (nSPS) is 16.2. The smallest absolute Gasteiger partial charge is 0.131 e. The average molecular weight is 350 g/mol. The topological polar surface area (TPSA) is 68.2 Å². The summed E-state index contributed by atoms with van der Waals surface area (Å²) in [4.78, 5) is 6.76. The SMILES string of the molecule is Nc1ncc(-c2ccc(F)cc2)c2cc(CN3CCC(N)CC3)ccc12. The molecule has 4 N–H and O–H groups in total. The molecule has 1 aromatic heterocycles. The molecule has 1 aliphatic rings. The third-order valence-corrected chi connectivity index (χ3v) is 5.18. The number of halogens is 1. The second-order valence-corrected chi connectivity index (χ2v) is 7.06. The molecule has 0 unspecified atom stereocenters. The third-order valence-electron chi connectivity index (χ3n) is 5.18. The van der Waals surface area contributed by atoms with E-state index in [9.17, 15) is 4.39 Å². The molecule has 26 heavy (non-hydrogen) atoms. The number of nitrogens with two attached hydrogens (primary N) is 2. The molecule has 2 aromatic carbocycles. The number of piperidine rings is 1. The molecule has 1 saturated heterocycles. The van der Waals surface area contributed by atoms with Crippen LogP contribution in [0.5, 0.6) is 0 Å². The highest BCUT2D eigenvalue weighted by Gasteiger charge is 2.16. The van der Waals surface area contributed by atoms with E-state index in [2.05, 4.69) is 22.0 Å². The van der Waals surface area contributed by atoms with Crippen LogP contribution in [0.25, 0.3) is 21.9 Å². The lowest BCUT2D eigenvalue weighted by Gasteiger charge is -2.30. The minimum absolute atomic E-state index is 0.245. The van der Waals surface area contributed by atoms with Gasteiger partial charge in [0.05, 0.1) is 0 Å². The van der Waals surface area contributed by atoms with E-state index in [0.717, 1.165) is 54.4 Å². The average Bonchev–Trinajstić information content (AvgIpc) is 2.65. The van der Waals surface area contributed by atoms with Crippen molar-refractivity contribution < 1.29 is 4.39 Å². The Morgan fingerprint density at radius 1 is 1.04 bits per heavy atom. The zero-order chi connectivity index (χ0) is 18.1. The van der Waals surface area contributed by atoms with Crippen LogP contribution in [0.15, 0.2) is 48.7 Å². The second kappa shape index (κ2) is 7.02. The Labute approximate surface area is 152 Å². The van der Waals surface area contributed by atoms with Crippen LogP contribution >= 0.6 is 0 Å². The first-order valence-corrected chi connectivity index (χ1v) is 9.01. The number of nitrogens with zero attached hydrogens (tertiary/aromatic N) is 2. The third kappa shape index (κ3) is 3.41. The summed E-state index contributed by atoms with van der Waals surface area (Å²) in [5.41, 5.74) is 15.2. The lowest BCUT2D eigenvalue weighted by molar-refractivity contribution is 0.206. The maximum absolute atomic E-state index is 13.3. The summed E-state index contributed by atoms with van der Waals surface area (Å²) in [7, 11) is 0. The van der Waals surface area contributed by atoms with Gasteiger partial charge in [0.25, 0.3) is 0 Å². The lowest BCUT2D eigenvalue weighted by atomic mass is 9.98.